The molecule has 0 aliphatic carbocycles. The summed E-state index contributed by atoms with van der Waals surface area (Å²) in [6.07, 6.45) is 0. The number of esters is 2. The molecule has 0 bridgehead atoms. The summed E-state index contributed by atoms with van der Waals surface area (Å²) in [4.78, 5) is 21.0. The quantitative estimate of drug-likeness (QED) is 0.0944. The Morgan fingerprint density at radius 3 is 1.57 bits per heavy atom. The predicted octanol–water partition coefficient (Wildman–Crippen LogP) is -5.59. The van der Waals surface area contributed by atoms with Crippen molar-refractivity contribution in [1.82, 2.24) is 0 Å². The normalized spacial score (nSPS) is 9.96. The summed E-state index contributed by atoms with van der Waals surface area (Å²) >= 11 is 17.8. The van der Waals surface area contributed by atoms with Gasteiger partial charge < -0.3 is 60.8 Å². The zero-order valence-corrected chi connectivity index (χ0v) is 30.1. The topological polar surface area (TPSA) is 71.1 Å². The first-order valence-electron chi connectivity index (χ1n) is 7.04. The van der Waals surface area contributed by atoms with E-state index in [1.807, 2.05) is 13.8 Å². The third-order valence-corrected chi connectivity index (χ3v) is 3.73. The summed E-state index contributed by atoms with van der Waals surface area (Å²) in [5.41, 5.74) is 0. The van der Waals surface area contributed by atoms with Gasteiger partial charge in [0, 0.05) is 4.38 Å². The Morgan fingerprint density at radius 1 is 1.00 bits per heavy atom. The maximum absolute atomic E-state index is 10.9. The molecule has 28 heavy (non-hydrogen) atoms. The number of hydrogen-bond donors (Lipinski definition) is 0. The molecule has 0 aliphatic heterocycles. The zero-order valence-electron chi connectivity index (χ0n) is 17.4. The van der Waals surface area contributed by atoms with Crippen LogP contribution in [-0.4, -0.2) is 58.2 Å². The molecule has 0 aromatic carbocycles. The van der Waals surface area contributed by atoms with Crippen molar-refractivity contribution in [2.45, 2.75) is 37.8 Å². The van der Waals surface area contributed by atoms with Gasteiger partial charge in [-0.25, -0.2) is 0 Å². The average Bonchev–Trinajstić information content (AvgIpc) is 2.54. The van der Waals surface area contributed by atoms with Crippen LogP contribution in [0.2, 0.25) is 0 Å². The molecule has 14 heteroatoms. The molecule has 0 spiro atoms. The van der Waals surface area contributed by atoms with Crippen LogP contribution in [0, 0.1) is 0 Å². The van der Waals surface area contributed by atoms with Gasteiger partial charge in [-0.05, 0) is 39.9 Å². The van der Waals surface area contributed by atoms with Gasteiger partial charge in [-0.2, -0.15) is 0 Å². The second-order valence-electron chi connectivity index (χ2n) is 3.79. The van der Waals surface area contributed by atoms with Crippen LogP contribution in [0.4, 0.5) is 0 Å². The van der Waals surface area contributed by atoms with E-state index in [-0.39, 0.29) is 146 Å². The van der Waals surface area contributed by atoms with Gasteiger partial charge in [0.15, 0.2) is 0 Å². The molecule has 0 radical (unpaired) electrons. The van der Waals surface area contributed by atoms with Crippen LogP contribution >= 0.6 is 52.1 Å². The predicted molar refractivity (Wildman–Crippen MR) is 115 cm³/mol. The van der Waals surface area contributed by atoms with Gasteiger partial charge in [-0.15, -0.1) is 0 Å². The molecule has 0 aromatic rings. The number of rotatable bonds is 5. The molecule has 0 heterocycles. The number of halogens is 2. The summed E-state index contributed by atoms with van der Waals surface area (Å²) in [6.45, 7) is 8.24. The minimum atomic E-state index is -0.297. The number of thioether (sulfide) groups is 1. The molecule has 0 saturated carbocycles. The Morgan fingerprint density at radius 2 is 1.39 bits per heavy atom. The van der Waals surface area contributed by atoms with E-state index < -0.39 is 0 Å². The van der Waals surface area contributed by atoms with E-state index in [0.717, 1.165) is 0 Å². The molecule has 0 aromatic heterocycles. The fourth-order valence-corrected chi connectivity index (χ4v) is 2.43. The van der Waals surface area contributed by atoms with Crippen molar-refractivity contribution in [2.75, 3.05) is 27.4 Å². The first-order chi connectivity index (χ1) is 11.6. The molecular weight excluding hydrogens is 630 g/mol. The summed E-state index contributed by atoms with van der Waals surface area (Å²) in [6, 6.07) is 0. The van der Waals surface area contributed by atoms with Crippen LogP contribution < -0.4 is 120 Å². The minimum absolute atomic E-state index is 0. The molecule has 0 amide bonds. The van der Waals surface area contributed by atoms with Gasteiger partial charge >= 0.3 is 115 Å². The van der Waals surface area contributed by atoms with E-state index in [2.05, 4.69) is 55.0 Å². The monoisotopic (exact) mass is 652 g/mol. The van der Waals surface area contributed by atoms with Crippen molar-refractivity contribution in [3.05, 3.63) is 0 Å². The summed E-state index contributed by atoms with van der Waals surface area (Å²) in [7, 11) is 2.71. The standard InChI is InChI=1S/C7H12O3S2.C4H7BrO2.C3H6OS2.BrH.2K/c1-4-10-7(11)12-5(2)6(8)9-3;1-3(5)4(6)7-2;1-2-4-3(5)6;;;/h5H,4H2,1-3H3;3H,1-2H3;2H2,1H3,(H,5,6);1H;;/q;;;;2*+1/p-2. The molecule has 2 unspecified atom stereocenters. The average molecular weight is 655 g/mol. The third-order valence-electron chi connectivity index (χ3n) is 1.86. The second kappa shape index (κ2) is 32.7. The number of alkyl halides is 1. The number of hydrogen-bond acceptors (Lipinski definition) is 10. The van der Waals surface area contributed by atoms with Crippen LogP contribution in [0.25, 0.3) is 0 Å². The van der Waals surface area contributed by atoms with Crippen molar-refractivity contribution >= 4 is 85.5 Å². The fraction of sp³-hybridized carbons (Fsp3) is 0.714. The van der Waals surface area contributed by atoms with E-state index in [0.29, 0.717) is 17.6 Å². The SMILES string of the molecule is CCOC(=S)SC(C)C(=O)OC.CCOC(=S)[S-].COC(=O)C(C)Br.[Br-].[K+].[K+]. The molecule has 0 rings (SSSR count). The Hall–Kier alpha value is 3.52. The Kier molecular flexibility index (Phi) is 52.7. The van der Waals surface area contributed by atoms with Crippen molar-refractivity contribution in [3.8, 4) is 0 Å². The van der Waals surface area contributed by atoms with Crippen LogP contribution in [-0.2, 0) is 41.2 Å². The number of methoxy groups -OCH3 is 2. The van der Waals surface area contributed by atoms with Gasteiger partial charge in [0.1, 0.15) is 10.1 Å². The Bertz CT molecular complexity index is 421. The first-order valence-corrected chi connectivity index (χ1v) is 10.1. The van der Waals surface area contributed by atoms with Gasteiger partial charge in [-0.3, -0.25) is 9.59 Å². The molecular formula is C14H24Br2K2O6S4. The van der Waals surface area contributed by atoms with Gasteiger partial charge in [0.05, 0.1) is 27.4 Å². The number of carbonyl (C=O) groups excluding carboxylic acids is 2. The summed E-state index contributed by atoms with van der Waals surface area (Å²) in [5, 5.41) is -0.297. The summed E-state index contributed by atoms with van der Waals surface area (Å²) in [5.74, 6) is -0.526. The van der Waals surface area contributed by atoms with E-state index in [9.17, 15) is 9.59 Å². The van der Waals surface area contributed by atoms with Crippen LogP contribution in [0.3, 0.4) is 0 Å². The van der Waals surface area contributed by atoms with Crippen molar-refractivity contribution < 1.29 is 148 Å². The minimum Gasteiger partial charge on any atom is -1.00 e. The first kappa shape index (κ1) is 45.1. The van der Waals surface area contributed by atoms with Crippen molar-refractivity contribution in [3.63, 3.8) is 0 Å². The maximum Gasteiger partial charge on any atom is 1.00 e. The smallest absolute Gasteiger partial charge is 1.00 e. The summed E-state index contributed by atoms with van der Waals surface area (Å²) < 4.78 is 19.0. The van der Waals surface area contributed by atoms with Crippen LogP contribution in [0.15, 0.2) is 0 Å². The van der Waals surface area contributed by atoms with E-state index in [1.165, 1.54) is 26.0 Å². The van der Waals surface area contributed by atoms with E-state index >= 15 is 0 Å². The number of carbonyl (C=O) groups is 2. The molecule has 6 nitrogen and oxygen atoms in total. The zero-order chi connectivity index (χ0) is 20.4. The third kappa shape index (κ3) is 36.9. The molecule has 156 valence electrons. The molecule has 0 fully saturated rings. The van der Waals surface area contributed by atoms with Gasteiger partial charge in [0.25, 0.3) is 0 Å². The largest absolute Gasteiger partial charge is 1.00 e. The fourth-order valence-electron chi connectivity index (χ4n) is 0.791. The Balaban J connectivity index is -0.0000000660. The second-order valence-corrected chi connectivity index (χ2v) is 8.10. The van der Waals surface area contributed by atoms with Crippen LogP contribution in [0.5, 0.6) is 0 Å². The maximum atomic E-state index is 10.9. The molecule has 0 N–H and O–H groups in total. The van der Waals surface area contributed by atoms with Crippen molar-refractivity contribution in [2.24, 2.45) is 0 Å². The van der Waals surface area contributed by atoms with Gasteiger partial charge in [0.2, 0.25) is 4.38 Å². The van der Waals surface area contributed by atoms with E-state index in [1.54, 1.807) is 13.8 Å². The molecule has 0 saturated heterocycles. The number of thiocarbonyl (C=S) groups is 2. The van der Waals surface area contributed by atoms with E-state index in [4.69, 9.17) is 17.0 Å². The van der Waals surface area contributed by atoms with Crippen LogP contribution in [0.1, 0.15) is 27.7 Å². The molecule has 2 atom stereocenters. The van der Waals surface area contributed by atoms with Crippen molar-refractivity contribution in [1.29, 1.82) is 0 Å². The van der Waals surface area contributed by atoms with Gasteiger partial charge in [-0.1, -0.05) is 27.7 Å². The number of ether oxygens (including phenoxy) is 4. The molecule has 0 aliphatic rings. The Labute approximate surface area is 292 Å².